The van der Waals surface area contributed by atoms with Crippen LogP contribution in [0.4, 0.5) is 0 Å². The fourth-order valence-electron chi connectivity index (χ4n) is 3.24. The van der Waals surface area contributed by atoms with Crippen LogP contribution >= 0.6 is 11.3 Å². The summed E-state index contributed by atoms with van der Waals surface area (Å²) < 4.78 is 10.8. The third-order valence-electron chi connectivity index (χ3n) is 4.80. The quantitative estimate of drug-likeness (QED) is 0.619. The number of hydrogen-bond acceptors (Lipinski definition) is 5. The van der Waals surface area contributed by atoms with E-state index in [4.69, 9.17) is 9.47 Å². The Morgan fingerprint density at radius 2 is 1.90 bits per heavy atom. The number of fused-ring (bicyclic) bond motifs is 1. The van der Waals surface area contributed by atoms with Crippen LogP contribution in [0.2, 0.25) is 0 Å². The second kappa shape index (κ2) is 9.78. The van der Waals surface area contributed by atoms with Gasteiger partial charge >= 0.3 is 0 Å². The largest absolute Gasteiger partial charge is 0.454 e. The van der Waals surface area contributed by atoms with Crippen molar-refractivity contribution in [1.29, 1.82) is 0 Å². The van der Waals surface area contributed by atoms with Gasteiger partial charge in [-0.05, 0) is 49.4 Å². The minimum atomic E-state index is -0.0609. The molecule has 0 saturated carbocycles. The van der Waals surface area contributed by atoms with Crippen molar-refractivity contribution in [3.63, 3.8) is 0 Å². The molecule has 0 N–H and O–H groups in total. The molecule has 7 heteroatoms. The van der Waals surface area contributed by atoms with Crippen LogP contribution in [0.5, 0.6) is 11.5 Å². The third kappa shape index (κ3) is 5.50. The van der Waals surface area contributed by atoms with Crippen LogP contribution in [0.25, 0.3) is 0 Å². The average Bonchev–Trinajstić information content (AvgIpc) is 3.36. The first-order valence-electron chi connectivity index (χ1n) is 9.96. The van der Waals surface area contributed by atoms with E-state index < -0.39 is 0 Å². The number of carbonyl (C=O) groups is 2. The van der Waals surface area contributed by atoms with Gasteiger partial charge in [-0.2, -0.15) is 0 Å². The van der Waals surface area contributed by atoms with Crippen LogP contribution in [-0.2, 0) is 22.7 Å². The zero-order chi connectivity index (χ0) is 20.8. The van der Waals surface area contributed by atoms with Gasteiger partial charge < -0.3 is 19.3 Å². The molecule has 2 aromatic rings. The molecule has 0 atom stereocenters. The molecule has 0 unspecified atom stereocenters. The minimum absolute atomic E-state index is 0.0212. The summed E-state index contributed by atoms with van der Waals surface area (Å²) in [4.78, 5) is 30.3. The Morgan fingerprint density at radius 3 is 2.59 bits per heavy atom. The topological polar surface area (TPSA) is 59.1 Å². The van der Waals surface area contributed by atoms with E-state index in [-0.39, 0.29) is 31.2 Å². The molecule has 0 fully saturated rings. The lowest BCUT2D eigenvalue weighted by Crippen LogP contribution is -2.45. The van der Waals surface area contributed by atoms with E-state index in [1.54, 1.807) is 21.1 Å². The van der Waals surface area contributed by atoms with E-state index in [9.17, 15) is 9.59 Å². The standard InChI is InChI=1S/C22H28N2O4S/c1-4-6-21(25)24(16(2)3)14-22(26)23(13-18-7-5-10-29-18)12-17-8-9-19-20(11-17)28-15-27-19/h5,7-11,16H,4,6,12-15H2,1-3H3. The summed E-state index contributed by atoms with van der Waals surface area (Å²) in [5.41, 5.74) is 0.968. The summed E-state index contributed by atoms with van der Waals surface area (Å²) in [6.45, 7) is 7.14. The zero-order valence-corrected chi connectivity index (χ0v) is 18.0. The predicted octanol–water partition coefficient (Wildman–Crippen LogP) is 4.04. The number of ether oxygens (including phenoxy) is 2. The van der Waals surface area contributed by atoms with Crippen LogP contribution in [0.1, 0.15) is 44.1 Å². The lowest BCUT2D eigenvalue weighted by Gasteiger charge is -2.30. The van der Waals surface area contributed by atoms with Gasteiger partial charge in [0.25, 0.3) is 0 Å². The fraction of sp³-hybridized carbons (Fsp3) is 0.455. The Kier molecular flexibility index (Phi) is 7.14. The van der Waals surface area contributed by atoms with Crippen LogP contribution < -0.4 is 9.47 Å². The van der Waals surface area contributed by atoms with Crippen molar-refractivity contribution >= 4 is 23.2 Å². The maximum absolute atomic E-state index is 13.2. The van der Waals surface area contributed by atoms with Gasteiger partial charge in [-0.1, -0.05) is 19.1 Å². The monoisotopic (exact) mass is 416 g/mol. The number of benzene rings is 1. The summed E-state index contributed by atoms with van der Waals surface area (Å²) in [5.74, 6) is 1.39. The van der Waals surface area contributed by atoms with Gasteiger partial charge in [0.05, 0.1) is 13.1 Å². The van der Waals surface area contributed by atoms with Gasteiger partial charge in [0.2, 0.25) is 18.6 Å². The fourth-order valence-corrected chi connectivity index (χ4v) is 3.96. The summed E-state index contributed by atoms with van der Waals surface area (Å²) in [6, 6.07) is 9.72. The highest BCUT2D eigenvalue weighted by Gasteiger charge is 2.24. The van der Waals surface area contributed by atoms with E-state index in [0.717, 1.165) is 22.6 Å². The number of rotatable bonds is 9. The lowest BCUT2D eigenvalue weighted by atomic mass is 10.1. The first-order chi connectivity index (χ1) is 14.0. The van der Waals surface area contributed by atoms with E-state index in [1.807, 2.05) is 56.5 Å². The molecular weight excluding hydrogens is 388 g/mol. The highest BCUT2D eigenvalue weighted by molar-refractivity contribution is 7.09. The van der Waals surface area contributed by atoms with Crippen molar-refractivity contribution in [2.24, 2.45) is 0 Å². The predicted molar refractivity (Wildman–Crippen MR) is 113 cm³/mol. The van der Waals surface area contributed by atoms with Crippen molar-refractivity contribution in [3.8, 4) is 11.5 Å². The van der Waals surface area contributed by atoms with Crippen molar-refractivity contribution < 1.29 is 19.1 Å². The van der Waals surface area contributed by atoms with Crippen LogP contribution in [-0.4, -0.2) is 41.0 Å². The molecule has 6 nitrogen and oxygen atoms in total. The smallest absolute Gasteiger partial charge is 0.242 e. The molecule has 1 aliphatic heterocycles. The maximum atomic E-state index is 13.2. The number of thiophene rings is 1. The zero-order valence-electron chi connectivity index (χ0n) is 17.2. The molecule has 156 valence electrons. The lowest BCUT2D eigenvalue weighted by molar-refractivity contribution is -0.142. The Morgan fingerprint density at radius 1 is 1.10 bits per heavy atom. The second-order valence-electron chi connectivity index (χ2n) is 7.38. The van der Waals surface area contributed by atoms with Crippen molar-refractivity contribution in [2.45, 2.75) is 52.7 Å². The molecule has 0 radical (unpaired) electrons. The van der Waals surface area contributed by atoms with E-state index in [2.05, 4.69) is 0 Å². The molecule has 1 aromatic carbocycles. The summed E-state index contributed by atoms with van der Waals surface area (Å²) in [6.07, 6.45) is 1.23. The number of nitrogens with zero attached hydrogens (tertiary/aromatic N) is 2. The van der Waals surface area contributed by atoms with Gasteiger partial charge in [0.15, 0.2) is 11.5 Å². The molecule has 1 aromatic heterocycles. The third-order valence-corrected chi connectivity index (χ3v) is 5.66. The number of amides is 2. The number of hydrogen-bond donors (Lipinski definition) is 0. The molecular formula is C22H28N2O4S. The molecule has 2 amide bonds. The number of carbonyl (C=O) groups excluding carboxylic acids is 2. The Balaban J connectivity index is 1.76. The normalized spacial score (nSPS) is 12.3. The first-order valence-corrected chi connectivity index (χ1v) is 10.8. The summed E-state index contributed by atoms with van der Waals surface area (Å²) in [7, 11) is 0. The highest BCUT2D eigenvalue weighted by Crippen LogP contribution is 2.33. The van der Waals surface area contributed by atoms with Crippen LogP contribution in [0.15, 0.2) is 35.7 Å². The van der Waals surface area contributed by atoms with Crippen LogP contribution in [0, 0.1) is 0 Å². The molecule has 0 aliphatic carbocycles. The maximum Gasteiger partial charge on any atom is 0.242 e. The van der Waals surface area contributed by atoms with Gasteiger partial charge in [0, 0.05) is 23.9 Å². The molecule has 1 aliphatic rings. The first kappa shape index (κ1) is 21.2. The Bertz CT molecular complexity index is 835. The van der Waals surface area contributed by atoms with Gasteiger partial charge in [-0.3, -0.25) is 9.59 Å². The van der Waals surface area contributed by atoms with Gasteiger partial charge in [-0.25, -0.2) is 0 Å². The Hall–Kier alpha value is -2.54. The van der Waals surface area contributed by atoms with Gasteiger partial charge in [0.1, 0.15) is 0 Å². The molecule has 3 rings (SSSR count). The van der Waals surface area contributed by atoms with Crippen LogP contribution in [0.3, 0.4) is 0 Å². The average molecular weight is 417 g/mol. The summed E-state index contributed by atoms with van der Waals surface area (Å²) in [5, 5.41) is 2.00. The molecule has 0 spiro atoms. The summed E-state index contributed by atoms with van der Waals surface area (Å²) >= 11 is 1.62. The molecule has 29 heavy (non-hydrogen) atoms. The molecule has 2 heterocycles. The van der Waals surface area contributed by atoms with Crippen molar-refractivity contribution in [1.82, 2.24) is 9.80 Å². The highest BCUT2D eigenvalue weighted by atomic mass is 32.1. The van der Waals surface area contributed by atoms with E-state index >= 15 is 0 Å². The van der Waals surface area contributed by atoms with Gasteiger partial charge in [-0.15, -0.1) is 11.3 Å². The van der Waals surface area contributed by atoms with Crippen molar-refractivity contribution in [3.05, 3.63) is 46.2 Å². The molecule has 0 bridgehead atoms. The van der Waals surface area contributed by atoms with E-state index in [0.29, 0.717) is 25.3 Å². The van der Waals surface area contributed by atoms with Crippen molar-refractivity contribution in [2.75, 3.05) is 13.3 Å². The molecule has 0 saturated heterocycles. The minimum Gasteiger partial charge on any atom is -0.454 e. The Labute approximate surface area is 176 Å². The van der Waals surface area contributed by atoms with E-state index in [1.165, 1.54) is 0 Å². The SMILES string of the molecule is CCCC(=O)N(CC(=O)N(Cc1ccc2c(c1)OCO2)Cc1cccs1)C(C)C. The second-order valence-corrected chi connectivity index (χ2v) is 8.41.